The molecule has 0 bridgehead atoms. The highest BCUT2D eigenvalue weighted by Gasteiger charge is 2.13. The molecule has 0 atom stereocenters. The quantitative estimate of drug-likeness (QED) is 0.717. The van der Waals surface area contributed by atoms with Crippen LogP contribution in [-0.4, -0.2) is 42.3 Å². The summed E-state index contributed by atoms with van der Waals surface area (Å²) in [5.41, 5.74) is -0.287. The fourth-order valence-corrected chi connectivity index (χ4v) is 1.33. The fraction of sp³-hybridized carbons (Fsp3) is 0. The lowest BCUT2D eigenvalue weighted by Gasteiger charge is -2.03. The van der Waals surface area contributed by atoms with Crippen molar-refractivity contribution >= 4 is 11.9 Å². The molecule has 18 heavy (non-hydrogen) atoms. The van der Waals surface area contributed by atoms with Crippen molar-refractivity contribution in [3.05, 3.63) is 35.7 Å². The van der Waals surface area contributed by atoms with Crippen LogP contribution in [0.2, 0.25) is 0 Å². The van der Waals surface area contributed by atoms with Crippen LogP contribution < -0.4 is 0 Å². The zero-order valence-corrected chi connectivity index (χ0v) is 8.81. The smallest absolute Gasteiger partial charge is 0.358 e. The predicted octanol–water partition coefficient (Wildman–Crippen LogP) is 0.369. The number of carbonyl (C=O) groups is 2. The lowest BCUT2D eigenvalue weighted by Crippen LogP contribution is -2.01. The monoisotopic (exact) mass is 249 g/mol. The third-order valence-corrected chi connectivity index (χ3v) is 2.19. The van der Waals surface area contributed by atoms with E-state index >= 15 is 0 Å². The Hall–Kier alpha value is -2.90. The van der Waals surface area contributed by atoms with E-state index in [1.165, 1.54) is 12.1 Å². The SMILES string of the molecule is O=C(O)c1cn(-c2ccc(O)c(C(=O)O)c2)nn1. The third-order valence-electron chi connectivity index (χ3n) is 2.19. The van der Waals surface area contributed by atoms with E-state index in [1.54, 1.807) is 0 Å². The Morgan fingerprint density at radius 1 is 1.17 bits per heavy atom. The Morgan fingerprint density at radius 3 is 2.44 bits per heavy atom. The summed E-state index contributed by atoms with van der Waals surface area (Å²) in [4.78, 5) is 21.4. The molecule has 1 aromatic carbocycles. The maximum absolute atomic E-state index is 10.8. The molecule has 0 spiro atoms. The first kappa shape index (κ1) is 11.6. The van der Waals surface area contributed by atoms with Gasteiger partial charge in [-0.3, -0.25) is 0 Å². The van der Waals surface area contributed by atoms with Gasteiger partial charge < -0.3 is 15.3 Å². The van der Waals surface area contributed by atoms with Crippen molar-refractivity contribution in [1.29, 1.82) is 0 Å². The molecule has 0 aliphatic carbocycles. The average Bonchev–Trinajstić information content (AvgIpc) is 2.78. The fourth-order valence-electron chi connectivity index (χ4n) is 1.33. The number of hydrogen-bond acceptors (Lipinski definition) is 5. The van der Waals surface area contributed by atoms with Crippen LogP contribution in [0, 0.1) is 0 Å². The summed E-state index contributed by atoms with van der Waals surface area (Å²) >= 11 is 0. The topological polar surface area (TPSA) is 126 Å². The van der Waals surface area contributed by atoms with Crippen molar-refractivity contribution in [3.8, 4) is 11.4 Å². The summed E-state index contributed by atoms with van der Waals surface area (Å²) in [6.45, 7) is 0. The first-order valence-corrected chi connectivity index (χ1v) is 4.71. The van der Waals surface area contributed by atoms with E-state index in [0.717, 1.165) is 16.9 Å². The van der Waals surface area contributed by atoms with Crippen molar-refractivity contribution in [2.45, 2.75) is 0 Å². The number of rotatable bonds is 3. The van der Waals surface area contributed by atoms with Crippen LogP contribution in [0.15, 0.2) is 24.4 Å². The number of benzene rings is 1. The molecule has 3 N–H and O–H groups in total. The first-order valence-electron chi connectivity index (χ1n) is 4.71. The Bertz CT molecular complexity index is 634. The minimum absolute atomic E-state index is 0.264. The lowest BCUT2D eigenvalue weighted by atomic mass is 10.2. The summed E-state index contributed by atoms with van der Waals surface area (Å²) in [7, 11) is 0. The molecule has 0 amide bonds. The highest BCUT2D eigenvalue weighted by Crippen LogP contribution is 2.20. The van der Waals surface area contributed by atoms with Gasteiger partial charge in [0.25, 0.3) is 0 Å². The molecule has 0 fully saturated rings. The van der Waals surface area contributed by atoms with Crippen molar-refractivity contribution in [1.82, 2.24) is 15.0 Å². The Kier molecular flexibility index (Phi) is 2.68. The number of phenols is 1. The van der Waals surface area contributed by atoms with Gasteiger partial charge >= 0.3 is 11.9 Å². The molecule has 2 aromatic rings. The normalized spacial score (nSPS) is 10.2. The molecule has 92 valence electrons. The number of nitrogens with zero attached hydrogens (tertiary/aromatic N) is 3. The molecule has 1 aromatic heterocycles. The van der Waals surface area contributed by atoms with Crippen molar-refractivity contribution in [3.63, 3.8) is 0 Å². The van der Waals surface area contributed by atoms with Gasteiger partial charge in [0, 0.05) is 0 Å². The van der Waals surface area contributed by atoms with Crippen LogP contribution in [0.3, 0.4) is 0 Å². The number of carboxylic acids is 2. The zero-order valence-electron chi connectivity index (χ0n) is 8.81. The number of aromatic hydroxyl groups is 1. The summed E-state index contributed by atoms with van der Waals surface area (Å²) in [6.07, 6.45) is 1.14. The number of carboxylic acid groups (broad SMARTS) is 2. The van der Waals surface area contributed by atoms with Crippen LogP contribution in [0.1, 0.15) is 20.8 Å². The second-order valence-corrected chi connectivity index (χ2v) is 3.36. The average molecular weight is 249 g/mol. The van der Waals surface area contributed by atoms with E-state index in [1.807, 2.05) is 0 Å². The molecule has 0 aliphatic heterocycles. The van der Waals surface area contributed by atoms with Gasteiger partial charge in [0.15, 0.2) is 5.69 Å². The van der Waals surface area contributed by atoms with Crippen LogP contribution in [-0.2, 0) is 0 Å². The Morgan fingerprint density at radius 2 is 1.89 bits per heavy atom. The molecule has 1 heterocycles. The summed E-state index contributed by atoms with van der Waals surface area (Å²) in [5.74, 6) is -2.92. The van der Waals surface area contributed by atoms with E-state index in [9.17, 15) is 14.7 Å². The van der Waals surface area contributed by atoms with E-state index in [2.05, 4.69) is 10.3 Å². The molecular weight excluding hydrogens is 242 g/mol. The van der Waals surface area contributed by atoms with Crippen LogP contribution in [0.4, 0.5) is 0 Å². The molecule has 0 saturated heterocycles. The van der Waals surface area contributed by atoms with Gasteiger partial charge in [0.1, 0.15) is 11.3 Å². The summed E-state index contributed by atoms with van der Waals surface area (Å²) < 4.78 is 1.11. The minimum atomic E-state index is -1.30. The standard InChI is InChI=1S/C10H7N3O5/c14-8-2-1-5(3-6(8)9(15)16)13-4-7(10(17)18)11-12-13/h1-4,14H,(H,15,16)(H,17,18). The summed E-state index contributed by atoms with van der Waals surface area (Å²) in [6, 6.07) is 3.74. The van der Waals surface area contributed by atoms with Gasteiger partial charge in [0.05, 0.1) is 11.9 Å². The van der Waals surface area contributed by atoms with Crippen molar-refractivity contribution in [2.75, 3.05) is 0 Å². The Balaban J connectivity index is 2.47. The molecule has 2 rings (SSSR count). The predicted molar refractivity (Wildman–Crippen MR) is 56.9 cm³/mol. The molecule has 0 radical (unpaired) electrons. The van der Waals surface area contributed by atoms with Gasteiger partial charge in [-0.1, -0.05) is 5.21 Å². The highest BCUT2D eigenvalue weighted by atomic mass is 16.4. The first-order chi connectivity index (χ1) is 8.49. The van der Waals surface area contributed by atoms with Crippen molar-refractivity contribution in [2.24, 2.45) is 0 Å². The number of aromatic carboxylic acids is 2. The van der Waals surface area contributed by atoms with E-state index in [0.29, 0.717) is 0 Å². The molecule has 0 saturated carbocycles. The van der Waals surface area contributed by atoms with Gasteiger partial charge in [-0.15, -0.1) is 5.10 Å². The maximum Gasteiger partial charge on any atom is 0.358 e. The molecule has 0 unspecified atom stereocenters. The maximum atomic E-state index is 10.8. The van der Waals surface area contributed by atoms with Gasteiger partial charge in [-0.2, -0.15) is 0 Å². The third kappa shape index (κ3) is 1.98. The van der Waals surface area contributed by atoms with Gasteiger partial charge in [-0.05, 0) is 18.2 Å². The molecule has 0 aliphatic rings. The lowest BCUT2D eigenvalue weighted by molar-refractivity contribution is 0.0680. The van der Waals surface area contributed by atoms with E-state index in [4.69, 9.17) is 10.2 Å². The second-order valence-electron chi connectivity index (χ2n) is 3.36. The van der Waals surface area contributed by atoms with Crippen molar-refractivity contribution < 1.29 is 24.9 Å². The number of aromatic nitrogens is 3. The zero-order chi connectivity index (χ0) is 13.3. The highest BCUT2D eigenvalue weighted by molar-refractivity contribution is 5.91. The van der Waals surface area contributed by atoms with Crippen LogP contribution in [0.25, 0.3) is 5.69 Å². The minimum Gasteiger partial charge on any atom is -0.507 e. The Labute approximate surface area is 99.7 Å². The van der Waals surface area contributed by atoms with E-state index in [-0.39, 0.29) is 22.7 Å². The largest absolute Gasteiger partial charge is 0.507 e. The van der Waals surface area contributed by atoms with E-state index < -0.39 is 11.9 Å². The van der Waals surface area contributed by atoms with Crippen LogP contribution >= 0.6 is 0 Å². The summed E-state index contributed by atoms with van der Waals surface area (Å²) in [5, 5.41) is 33.8. The van der Waals surface area contributed by atoms with Gasteiger partial charge in [0.2, 0.25) is 0 Å². The number of hydrogen-bond donors (Lipinski definition) is 3. The van der Waals surface area contributed by atoms with Crippen LogP contribution in [0.5, 0.6) is 5.75 Å². The molecule has 8 heteroatoms. The molecule has 8 nitrogen and oxygen atoms in total. The second kappa shape index (κ2) is 4.17. The van der Waals surface area contributed by atoms with Gasteiger partial charge in [-0.25, -0.2) is 14.3 Å². The molecular formula is C10H7N3O5.